The van der Waals surface area contributed by atoms with Crippen molar-refractivity contribution in [3.8, 4) is 33.4 Å². The molecule has 11 rings (SSSR count). The zero-order valence-electron chi connectivity index (χ0n) is 31.7. The number of allylic oxidation sites excluding steroid dienone is 4. The summed E-state index contributed by atoms with van der Waals surface area (Å²) in [6.07, 6.45) is 8.98. The van der Waals surface area contributed by atoms with E-state index in [1.165, 1.54) is 120 Å². The van der Waals surface area contributed by atoms with E-state index >= 15 is 0 Å². The van der Waals surface area contributed by atoms with E-state index in [-0.39, 0.29) is 0 Å². The summed E-state index contributed by atoms with van der Waals surface area (Å²) in [4.78, 5) is 0. The number of fused-ring (bicyclic) bond motifs is 7. The summed E-state index contributed by atoms with van der Waals surface area (Å²) in [5.41, 5.74) is 13.2. The van der Waals surface area contributed by atoms with Crippen LogP contribution in [0.1, 0.15) is 29.5 Å². The molecule has 0 saturated heterocycles. The van der Waals surface area contributed by atoms with Gasteiger partial charge in [0.2, 0.25) is 0 Å². The molecule has 0 nitrogen and oxygen atoms in total. The highest BCUT2D eigenvalue weighted by molar-refractivity contribution is 6.23. The Morgan fingerprint density at radius 2 is 0.696 bits per heavy atom. The molecular formula is C56H40. The second-order valence-electron chi connectivity index (χ2n) is 15.5. The van der Waals surface area contributed by atoms with Gasteiger partial charge in [-0.15, -0.1) is 0 Å². The largest absolute Gasteiger partial charge is 0.0842 e. The molecule has 0 fully saturated rings. The van der Waals surface area contributed by atoms with E-state index in [0.29, 0.717) is 0 Å². The number of hydrogen-bond donors (Lipinski definition) is 0. The lowest BCUT2D eigenvalue weighted by Gasteiger charge is -2.21. The van der Waals surface area contributed by atoms with Gasteiger partial charge in [-0.25, -0.2) is 0 Å². The summed E-state index contributed by atoms with van der Waals surface area (Å²) in [5, 5.41) is 15.7. The smallest absolute Gasteiger partial charge is 0.00262 e. The van der Waals surface area contributed by atoms with Gasteiger partial charge in [0.15, 0.2) is 0 Å². The van der Waals surface area contributed by atoms with Gasteiger partial charge in [0.05, 0.1) is 0 Å². The van der Waals surface area contributed by atoms with Crippen molar-refractivity contribution in [1.82, 2.24) is 0 Å². The van der Waals surface area contributed by atoms with Crippen LogP contribution in [0.3, 0.4) is 0 Å². The van der Waals surface area contributed by atoms with Gasteiger partial charge in [0.25, 0.3) is 0 Å². The number of hydrogen-bond acceptors (Lipinski definition) is 0. The zero-order valence-corrected chi connectivity index (χ0v) is 31.7. The lowest BCUT2D eigenvalue weighted by atomic mass is 9.83. The van der Waals surface area contributed by atoms with Gasteiger partial charge >= 0.3 is 0 Å². The zero-order chi connectivity index (χ0) is 37.3. The van der Waals surface area contributed by atoms with E-state index in [1.807, 2.05) is 0 Å². The van der Waals surface area contributed by atoms with Crippen LogP contribution in [0.25, 0.3) is 104 Å². The standard InChI is InChI=1S/C56H40/c1-35-36(2)52-34-40(56-49-27-15-11-23-45(49)54(38-19-7-4-8-20-38)46-24-12-16-28-50(46)56)30-32-42(52)41-31-29-39(33-51(35)41)55-47-25-13-9-21-43(47)53(37-17-5-3-6-18-37)44-22-10-14-26-48(44)55/h3-7,9-19,21-34H,8,20H2,1-2H3. The average Bonchev–Trinajstić information content (AvgIpc) is 3.26. The molecule has 10 aromatic carbocycles. The third-order valence-corrected chi connectivity index (χ3v) is 12.5. The maximum atomic E-state index is 2.46. The summed E-state index contributed by atoms with van der Waals surface area (Å²) < 4.78 is 0. The van der Waals surface area contributed by atoms with Crippen molar-refractivity contribution in [2.45, 2.75) is 26.7 Å². The monoisotopic (exact) mass is 712 g/mol. The third-order valence-electron chi connectivity index (χ3n) is 12.5. The maximum Gasteiger partial charge on any atom is -0.00262 e. The highest BCUT2D eigenvalue weighted by Crippen LogP contribution is 2.47. The van der Waals surface area contributed by atoms with E-state index < -0.39 is 0 Å². The van der Waals surface area contributed by atoms with Crippen LogP contribution in [0.5, 0.6) is 0 Å². The SMILES string of the molecule is Cc1c(C)c2cc(-c3c4ccccc4c(-c4ccccc4)c4ccccc34)ccc2c2ccc(-c3c4ccccc4c(C4=CC=CCC4)c4ccccc34)cc12. The molecule has 0 heterocycles. The molecule has 0 atom stereocenters. The first kappa shape index (κ1) is 32.7. The Morgan fingerprint density at radius 3 is 1.09 bits per heavy atom. The van der Waals surface area contributed by atoms with E-state index in [9.17, 15) is 0 Å². The summed E-state index contributed by atoms with van der Waals surface area (Å²) in [6, 6.07) is 61.2. The van der Waals surface area contributed by atoms with Crippen molar-refractivity contribution >= 4 is 70.2 Å². The van der Waals surface area contributed by atoms with E-state index in [1.54, 1.807) is 0 Å². The Bertz CT molecular complexity index is 3190. The molecular weight excluding hydrogens is 673 g/mol. The first-order valence-electron chi connectivity index (χ1n) is 19.9. The molecule has 0 aromatic heterocycles. The second-order valence-corrected chi connectivity index (χ2v) is 15.5. The molecule has 1 aliphatic rings. The Hall–Kier alpha value is -6.76. The number of benzene rings is 10. The van der Waals surface area contributed by atoms with Crippen LogP contribution in [0.15, 0.2) is 182 Å². The minimum atomic E-state index is 1.07. The second kappa shape index (κ2) is 12.9. The highest BCUT2D eigenvalue weighted by atomic mass is 14.2. The van der Waals surface area contributed by atoms with Crippen molar-refractivity contribution < 1.29 is 0 Å². The van der Waals surface area contributed by atoms with E-state index in [4.69, 9.17) is 0 Å². The molecule has 0 radical (unpaired) electrons. The normalized spacial score (nSPS) is 13.1. The molecule has 56 heavy (non-hydrogen) atoms. The van der Waals surface area contributed by atoms with Crippen LogP contribution >= 0.6 is 0 Å². The Morgan fingerprint density at radius 1 is 0.321 bits per heavy atom. The molecule has 10 aromatic rings. The molecule has 0 N–H and O–H groups in total. The molecule has 0 spiro atoms. The van der Waals surface area contributed by atoms with Crippen molar-refractivity contribution in [1.29, 1.82) is 0 Å². The van der Waals surface area contributed by atoms with Crippen molar-refractivity contribution in [3.63, 3.8) is 0 Å². The van der Waals surface area contributed by atoms with Crippen LogP contribution in [0.4, 0.5) is 0 Å². The lowest BCUT2D eigenvalue weighted by molar-refractivity contribution is 1.06. The molecule has 0 unspecified atom stereocenters. The van der Waals surface area contributed by atoms with Crippen LogP contribution in [-0.4, -0.2) is 0 Å². The van der Waals surface area contributed by atoms with Crippen molar-refractivity contribution in [2.24, 2.45) is 0 Å². The summed E-state index contributed by atoms with van der Waals surface area (Å²) in [5.74, 6) is 0. The van der Waals surface area contributed by atoms with Crippen LogP contribution in [-0.2, 0) is 0 Å². The minimum absolute atomic E-state index is 1.07. The van der Waals surface area contributed by atoms with E-state index in [0.717, 1.165) is 12.8 Å². The number of rotatable bonds is 4. The molecule has 0 saturated carbocycles. The van der Waals surface area contributed by atoms with Gasteiger partial charge in [0, 0.05) is 0 Å². The molecule has 1 aliphatic carbocycles. The summed E-state index contributed by atoms with van der Waals surface area (Å²) >= 11 is 0. The van der Waals surface area contributed by atoms with Gasteiger partial charge in [-0.05, 0) is 159 Å². The third kappa shape index (κ3) is 4.92. The molecule has 0 aliphatic heterocycles. The van der Waals surface area contributed by atoms with Crippen molar-refractivity contribution in [2.75, 3.05) is 0 Å². The summed E-state index contributed by atoms with van der Waals surface area (Å²) in [7, 11) is 0. The highest BCUT2D eigenvalue weighted by Gasteiger charge is 2.21. The fourth-order valence-electron chi connectivity index (χ4n) is 9.85. The Labute approximate surface area is 327 Å². The predicted octanol–water partition coefficient (Wildman–Crippen LogP) is 16.0. The Balaban J connectivity index is 1.13. The van der Waals surface area contributed by atoms with Crippen LogP contribution in [0.2, 0.25) is 0 Å². The van der Waals surface area contributed by atoms with Crippen molar-refractivity contribution in [3.05, 3.63) is 199 Å². The topological polar surface area (TPSA) is 0 Å². The predicted molar refractivity (Wildman–Crippen MR) is 244 cm³/mol. The fourth-order valence-corrected chi connectivity index (χ4v) is 9.85. The maximum absolute atomic E-state index is 2.46. The summed E-state index contributed by atoms with van der Waals surface area (Å²) in [6.45, 7) is 4.63. The van der Waals surface area contributed by atoms with Gasteiger partial charge in [-0.2, -0.15) is 0 Å². The van der Waals surface area contributed by atoms with Crippen LogP contribution < -0.4 is 0 Å². The number of aryl methyl sites for hydroxylation is 2. The Kier molecular flexibility index (Phi) is 7.54. The van der Waals surface area contributed by atoms with Gasteiger partial charge in [0.1, 0.15) is 0 Å². The molecule has 264 valence electrons. The van der Waals surface area contributed by atoms with E-state index in [2.05, 4.69) is 196 Å². The molecule has 0 bridgehead atoms. The minimum Gasteiger partial charge on any atom is -0.0842 e. The fraction of sp³-hybridized carbons (Fsp3) is 0.0714. The van der Waals surface area contributed by atoms with Crippen LogP contribution in [0, 0.1) is 13.8 Å². The first-order chi connectivity index (χ1) is 27.7. The molecule has 0 heteroatoms. The quantitative estimate of drug-likeness (QED) is 0.126. The average molecular weight is 713 g/mol. The first-order valence-corrected chi connectivity index (χ1v) is 19.9. The van der Waals surface area contributed by atoms with Gasteiger partial charge in [-0.3, -0.25) is 0 Å². The van der Waals surface area contributed by atoms with Gasteiger partial charge < -0.3 is 0 Å². The lowest BCUT2D eigenvalue weighted by Crippen LogP contribution is -1.96. The van der Waals surface area contributed by atoms with Gasteiger partial charge in [-0.1, -0.05) is 170 Å². The molecule has 0 amide bonds.